The molecule has 0 saturated heterocycles. The van der Waals surface area contributed by atoms with E-state index in [9.17, 15) is 17.3 Å². The van der Waals surface area contributed by atoms with Gasteiger partial charge in [0, 0.05) is 19.5 Å². The smallest absolute Gasteiger partial charge is 0.418 e. The molecule has 0 fully saturated rings. The van der Waals surface area contributed by atoms with Crippen LogP contribution >= 0.6 is 15.8 Å². The summed E-state index contributed by atoms with van der Waals surface area (Å²) in [6.07, 6.45) is 14.0. The molecule has 30 heavy (non-hydrogen) atoms. The van der Waals surface area contributed by atoms with E-state index in [1.165, 1.54) is 31.6 Å². The average Bonchev–Trinajstić information content (AvgIpc) is 2.38. The second-order valence-corrected chi connectivity index (χ2v) is 17.8. The molecule has 0 saturated carbocycles. The van der Waals surface area contributed by atoms with Crippen molar-refractivity contribution >= 4 is 23.1 Å². The van der Waals surface area contributed by atoms with E-state index in [1.807, 2.05) is 0 Å². The molecule has 0 aromatic rings. The normalized spacial score (nSPS) is 18.4. The van der Waals surface area contributed by atoms with Crippen molar-refractivity contribution < 1.29 is 36.7 Å². The molecule has 8 heteroatoms. The first kappa shape index (κ1) is 35.3. The number of allylic oxidation sites excluding steroid dienone is 4. The first-order chi connectivity index (χ1) is 12.8. The summed E-state index contributed by atoms with van der Waals surface area (Å²) in [5.74, 6) is 1.46. The molecule has 1 aliphatic carbocycles. The Kier molecular flexibility index (Phi) is 18.3. The van der Waals surface area contributed by atoms with Crippen LogP contribution in [0.3, 0.4) is 0 Å². The molecule has 1 aliphatic rings. The van der Waals surface area contributed by atoms with Gasteiger partial charge in [-0.15, -0.1) is 0 Å². The van der Waals surface area contributed by atoms with E-state index >= 15 is 0 Å². The predicted octanol–water partition coefficient (Wildman–Crippen LogP) is 9.90. The first-order valence-corrected chi connectivity index (χ1v) is 13.9. The van der Waals surface area contributed by atoms with Gasteiger partial charge in [-0.05, 0) is 53.7 Å². The Bertz CT molecular complexity index is 441. The summed E-state index contributed by atoms with van der Waals surface area (Å²) in [6.45, 7) is 24.2. The van der Waals surface area contributed by atoms with Crippen molar-refractivity contribution in [3.63, 3.8) is 0 Å². The van der Waals surface area contributed by atoms with Gasteiger partial charge >= 0.3 is 7.25 Å². The van der Waals surface area contributed by atoms with Crippen LogP contribution in [-0.2, 0) is 19.5 Å². The van der Waals surface area contributed by atoms with E-state index < -0.39 is 7.25 Å². The standard InChI is InChI=1S/C14H32P2.C8H12.BF4.Rh/c1-12(2,3)15(10)11-16(13(4,5)6)14(7,8)9;1-2-4-6-8-7-5-3-1;2-1(3,4)5;/h11H2,1-10H3;1-2,7-8H,3-6H2;;/q;;-1;/b;2-1-,8-7-;;/t15-;;;/m0.../s1. The van der Waals surface area contributed by atoms with Crippen LogP contribution in [0.5, 0.6) is 0 Å². The van der Waals surface area contributed by atoms with Crippen LogP contribution in [-0.4, -0.2) is 35.3 Å². The molecular formula is C22H44BF4P2Rh-. The fourth-order valence-corrected chi connectivity index (χ4v) is 11.5. The molecule has 0 nitrogen and oxygen atoms in total. The van der Waals surface area contributed by atoms with E-state index in [-0.39, 0.29) is 35.3 Å². The summed E-state index contributed by atoms with van der Waals surface area (Å²) >= 11 is 0. The molecule has 0 N–H and O–H groups in total. The molecule has 1 rings (SSSR count). The van der Waals surface area contributed by atoms with Gasteiger partial charge in [0.25, 0.3) is 0 Å². The SMILES string of the molecule is C1=C\CC/C=C\CC/1.C[P@@](CP(C(C)(C)C)C(C)(C)C)C(C)(C)C.F[B-](F)(F)F.[Rh]. The largest absolute Gasteiger partial charge is 0.673 e. The average molecular weight is 560 g/mol. The Morgan fingerprint density at radius 3 is 1.03 bits per heavy atom. The zero-order valence-corrected chi connectivity index (χ0v) is 24.1. The van der Waals surface area contributed by atoms with Gasteiger partial charge in [0.15, 0.2) is 0 Å². The molecule has 0 aromatic carbocycles. The monoisotopic (exact) mass is 560 g/mol. The van der Waals surface area contributed by atoms with Gasteiger partial charge in [-0.1, -0.05) is 102 Å². The van der Waals surface area contributed by atoms with Gasteiger partial charge in [0.1, 0.15) is 0 Å². The minimum Gasteiger partial charge on any atom is -0.418 e. The molecule has 0 heterocycles. The molecular weight excluding hydrogens is 516 g/mol. The molecule has 1 radical (unpaired) electrons. The van der Waals surface area contributed by atoms with Crippen LogP contribution in [0.4, 0.5) is 17.3 Å². The summed E-state index contributed by atoms with van der Waals surface area (Å²) in [5.41, 5.74) is 0. The molecule has 183 valence electrons. The molecule has 0 spiro atoms. The Labute approximate surface area is 199 Å². The zero-order valence-electron chi connectivity index (χ0n) is 20.7. The van der Waals surface area contributed by atoms with Crippen LogP contribution in [0.15, 0.2) is 24.3 Å². The van der Waals surface area contributed by atoms with Crippen molar-refractivity contribution in [3.8, 4) is 0 Å². The van der Waals surface area contributed by atoms with Crippen LogP contribution in [0.25, 0.3) is 0 Å². The van der Waals surface area contributed by atoms with Gasteiger partial charge in [-0.2, -0.15) is 0 Å². The second kappa shape index (κ2) is 15.6. The van der Waals surface area contributed by atoms with E-state index in [0.717, 1.165) is 0 Å². The number of hydrogen-bond acceptors (Lipinski definition) is 0. The topological polar surface area (TPSA) is 0 Å². The molecule has 0 bridgehead atoms. The Morgan fingerprint density at radius 2 is 0.867 bits per heavy atom. The molecule has 0 aliphatic heterocycles. The minimum atomic E-state index is -6.00. The first-order valence-electron chi connectivity index (χ1n) is 10.4. The Hall–Kier alpha value is 0.748. The van der Waals surface area contributed by atoms with Crippen LogP contribution < -0.4 is 0 Å². The maximum atomic E-state index is 9.75. The van der Waals surface area contributed by atoms with Gasteiger partial charge in [-0.3, -0.25) is 0 Å². The maximum absolute atomic E-state index is 9.75. The van der Waals surface area contributed by atoms with Crippen molar-refractivity contribution in [1.82, 2.24) is 0 Å². The van der Waals surface area contributed by atoms with E-state index in [1.54, 1.807) is 0 Å². The number of hydrogen-bond donors (Lipinski definition) is 0. The number of rotatable bonds is 2. The van der Waals surface area contributed by atoms with Gasteiger partial charge in [0.2, 0.25) is 0 Å². The summed E-state index contributed by atoms with van der Waals surface area (Å²) in [7, 11) is -5.78. The van der Waals surface area contributed by atoms with E-state index in [0.29, 0.717) is 15.5 Å². The Morgan fingerprint density at radius 1 is 0.633 bits per heavy atom. The second-order valence-electron chi connectivity index (χ2n) is 10.4. The summed E-state index contributed by atoms with van der Waals surface area (Å²) in [6, 6.07) is 0. The van der Waals surface area contributed by atoms with Crippen molar-refractivity contribution in [1.29, 1.82) is 0 Å². The zero-order chi connectivity index (χ0) is 23.5. The fraction of sp³-hybridized carbons (Fsp3) is 0.818. The quantitative estimate of drug-likeness (QED) is 0.137. The van der Waals surface area contributed by atoms with Crippen molar-refractivity contribution in [2.45, 2.75) is 103 Å². The third-order valence-corrected chi connectivity index (χ3v) is 12.8. The summed E-state index contributed by atoms with van der Waals surface area (Å²) in [5, 5.41) is 1.47. The molecule has 0 amide bonds. The van der Waals surface area contributed by atoms with Gasteiger partial charge in [0.05, 0.1) is 0 Å². The Balaban J connectivity index is -0.000000431. The van der Waals surface area contributed by atoms with E-state index in [2.05, 4.69) is 93.3 Å². The van der Waals surface area contributed by atoms with Gasteiger partial charge < -0.3 is 17.3 Å². The predicted molar refractivity (Wildman–Crippen MR) is 131 cm³/mol. The van der Waals surface area contributed by atoms with Crippen molar-refractivity contribution in [2.75, 3.05) is 12.6 Å². The molecule has 0 aromatic heterocycles. The van der Waals surface area contributed by atoms with Crippen LogP contribution in [0.2, 0.25) is 0 Å². The molecule has 1 atom stereocenters. The van der Waals surface area contributed by atoms with Crippen LogP contribution in [0.1, 0.15) is 88.0 Å². The fourth-order valence-electron chi connectivity index (χ4n) is 2.71. The number of halogens is 4. The van der Waals surface area contributed by atoms with Gasteiger partial charge in [-0.25, -0.2) is 0 Å². The third kappa shape index (κ3) is 23.4. The van der Waals surface area contributed by atoms with Crippen molar-refractivity contribution in [2.24, 2.45) is 0 Å². The summed E-state index contributed by atoms with van der Waals surface area (Å²) in [4.78, 5) is 0. The molecule has 0 unspecified atom stereocenters. The summed E-state index contributed by atoms with van der Waals surface area (Å²) < 4.78 is 39.0. The maximum Gasteiger partial charge on any atom is 0.673 e. The minimum absolute atomic E-state index is 0. The van der Waals surface area contributed by atoms with Crippen molar-refractivity contribution in [3.05, 3.63) is 24.3 Å². The van der Waals surface area contributed by atoms with Crippen LogP contribution in [0, 0.1) is 0 Å². The third-order valence-electron chi connectivity index (χ3n) is 4.45. The van der Waals surface area contributed by atoms with E-state index in [4.69, 9.17) is 0 Å².